The first kappa shape index (κ1) is 17.7. The Morgan fingerprint density at radius 2 is 1.95 bits per heavy atom. The molecule has 0 unspecified atom stereocenters. The van der Waals surface area contributed by atoms with Gasteiger partial charge in [-0.3, -0.25) is 15.1 Å². The fourth-order valence-corrected chi connectivity index (χ4v) is 1.94. The Kier molecular flexibility index (Phi) is 7.74. The van der Waals surface area contributed by atoms with Gasteiger partial charge in [-0.2, -0.15) is 0 Å². The van der Waals surface area contributed by atoms with Crippen molar-refractivity contribution in [3.05, 3.63) is 33.9 Å². The lowest BCUT2D eigenvalue weighted by Gasteiger charge is -2.09. The molecule has 7 nitrogen and oxygen atoms in total. The summed E-state index contributed by atoms with van der Waals surface area (Å²) in [7, 11) is 0. The molecule has 0 aliphatic carbocycles. The molecule has 0 saturated carbocycles. The van der Waals surface area contributed by atoms with E-state index in [1.807, 2.05) is 26.8 Å². The van der Waals surface area contributed by atoms with Crippen LogP contribution in [-0.4, -0.2) is 37.1 Å². The molecular weight excluding hydrogens is 282 g/mol. The number of nitro groups is 1. The van der Waals surface area contributed by atoms with Crippen LogP contribution in [0.15, 0.2) is 23.2 Å². The summed E-state index contributed by atoms with van der Waals surface area (Å²) in [5, 5.41) is 20.4. The van der Waals surface area contributed by atoms with Crippen LogP contribution in [0.4, 0.5) is 11.4 Å². The van der Waals surface area contributed by atoms with Crippen molar-refractivity contribution in [2.45, 2.75) is 27.2 Å². The van der Waals surface area contributed by atoms with Crippen LogP contribution in [0.2, 0.25) is 0 Å². The third-order valence-electron chi connectivity index (χ3n) is 2.96. The molecule has 0 aliphatic heterocycles. The summed E-state index contributed by atoms with van der Waals surface area (Å²) in [6, 6.07) is 5.19. The van der Waals surface area contributed by atoms with Crippen molar-refractivity contribution in [3.8, 4) is 0 Å². The second-order valence-corrected chi connectivity index (χ2v) is 4.85. The zero-order valence-corrected chi connectivity index (χ0v) is 13.5. The lowest BCUT2D eigenvalue weighted by molar-refractivity contribution is -0.384. The summed E-state index contributed by atoms with van der Waals surface area (Å²) in [4.78, 5) is 15.1. The molecule has 0 spiro atoms. The molecule has 22 heavy (non-hydrogen) atoms. The van der Waals surface area contributed by atoms with Gasteiger partial charge >= 0.3 is 0 Å². The highest BCUT2D eigenvalue weighted by atomic mass is 16.6. The van der Waals surface area contributed by atoms with Gasteiger partial charge in [-0.25, -0.2) is 0 Å². The lowest BCUT2D eigenvalue weighted by atomic mass is 10.2. The van der Waals surface area contributed by atoms with E-state index in [1.165, 1.54) is 0 Å². The van der Waals surface area contributed by atoms with E-state index < -0.39 is 0 Å². The van der Waals surface area contributed by atoms with Crippen LogP contribution in [0.1, 0.15) is 25.8 Å². The van der Waals surface area contributed by atoms with Gasteiger partial charge in [0.1, 0.15) is 5.69 Å². The molecular formula is C15H25N5O2. The van der Waals surface area contributed by atoms with Gasteiger partial charge in [0, 0.05) is 32.2 Å². The van der Waals surface area contributed by atoms with Crippen LogP contribution < -0.4 is 16.0 Å². The first-order chi connectivity index (χ1) is 10.6. The molecule has 122 valence electrons. The standard InChI is InChI=1S/C15H25N5O2/c1-4-16-15(17-5-2)19-10-6-9-18-13-8-7-12(3)11-14(13)20(21)22/h7-8,11,18H,4-6,9-10H2,1-3H3,(H2,16,17,19). The van der Waals surface area contributed by atoms with Crippen LogP contribution in [0, 0.1) is 17.0 Å². The van der Waals surface area contributed by atoms with Crippen molar-refractivity contribution >= 4 is 17.3 Å². The lowest BCUT2D eigenvalue weighted by Crippen LogP contribution is -2.37. The minimum absolute atomic E-state index is 0.115. The molecule has 0 amide bonds. The van der Waals surface area contributed by atoms with Crippen molar-refractivity contribution in [1.82, 2.24) is 10.6 Å². The highest BCUT2D eigenvalue weighted by Crippen LogP contribution is 2.25. The summed E-state index contributed by atoms with van der Waals surface area (Å²) in [6.07, 6.45) is 0.797. The van der Waals surface area contributed by atoms with E-state index in [0.29, 0.717) is 18.8 Å². The summed E-state index contributed by atoms with van der Waals surface area (Å²) in [6.45, 7) is 8.81. The topological polar surface area (TPSA) is 91.6 Å². The monoisotopic (exact) mass is 307 g/mol. The Morgan fingerprint density at radius 3 is 2.55 bits per heavy atom. The van der Waals surface area contributed by atoms with Gasteiger partial charge in [0.15, 0.2) is 5.96 Å². The number of aryl methyl sites for hydroxylation is 1. The minimum atomic E-state index is -0.359. The summed E-state index contributed by atoms with van der Waals surface area (Å²) in [5.74, 6) is 0.798. The fourth-order valence-electron chi connectivity index (χ4n) is 1.94. The zero-order chi connectivity index (χ0) is 16.4. The number of hydrogen-bond donors (Lipinski definition) is 3. The molecule has 0 saturated heterocycles. The van der Waals surface area contributed by atoms with Crippen LogP contribution in [-0.2, 0) is 0 Å². The number of anilines is 1. The second-order valence-electron chi connectivity index (χ2n) is 4.85. The summed E-state index contributed by atoms with van der Waals surface area (Å²) < 4.78 is 0. The van der Waals surface area contributed by atoms with Gasteiger partial charge in [0.25, 0.3) is 5.69 Å². The van der Waals surface area contributed by atoms with E-state index >= 15 is 0 Å². The Hall–Kier alpha value is -2.31. The molecule has 3 N–H and O–H groups in total. The summed E-state index contributed by atoms with van der Waals surface area (Å²) >= 11 is 0. The number of nitrogens with one attached hydrogen (secondary N) is 3. The van der Waals surface area contributed by atoms with Gasteiger partial charge in [0.05, 0.1) is 4.92 Å². The van der Waals surface area contributed by atoms with Crippen LogP contribution in [0.3, 0.4) is 0 Å². The Labute approximate surface area is 131 Å². The van der Waals surface area contributed by atoms with E-state index in [-0.39, 0.29) is 10.6 Å². The second kappa shape index (κ2) is 9.59. The van der Waals surface area contributed by atoms with Crippen molar-refractivity contribution in [2.75, 3.05) is 31.5 Å². The first-order valence-electron chi connectivity index (χ1n) is 7.59. The van der Waals surface area contributed by atoms with Crippen molar-refractivity contribution in [2.24, 2.45) is 4.99 Å². The molecule has 0 radical (unpaired) electrons. The van der Waals surface area contributed by atoms with Crippen LogP contribution in [0.5, 0.6) is 0 Å². The first-order valence-corrected chi connectivity index (χ1v) is 7.59. The molecule has 0 aliphatic rings. The van der Waals surface area contributed by atoms with E-state index in [1.54, 1.807) is 12.1 Å². The Bertz CT molecular complexity index is 509. The van der Waals surface area contributed by atoms with Gasteiger partial charge in [-0.15, -0.1) is 0 Å². The van der Waals surface area contributed by atoms with Gasteiger partial charge in [0.2, 0.25) is 0 Å². The van der Waals surface area contributed by atoms with Gasteiger partial charge in [-0.05, 0) is 38.8 Å². The molecule has 0 bridgehead atoms. The van der Waals surface area contributed by atoms with E-state index in [4.69, 9.17) is 0 Å². The molecule has 0 heterocycles. The van der Waals surface area contributed by atoms with E-state index in [2.05, 4.69) is 20.9 Å². The molecule has 7 heteroatoms. The summed E-state index contributed by atoms with van der Waals surface area (Å²) in [5.41, 5.74) is 1.55. The van der Waals surface area contributed by atoms with Gasteiger partial charge in [-0.1, -0.05) is 6.07 Å². The molecule has 1 rings (SSSR count). The number of aliphatic imine (C=N–C) groups is 1. The number of rotatable bonds is 8. The highest BCUT2D eigenvalue weighted by Gasteiger charge is 2.12. The van der Waals surface area contributed by atoms with Gasteiger partial charge < -0.3 is 16.0 Å². The predicted octanol–water partition coefficient (Wildman–Crippen LogP) is 2.28. The predicted molar refractivity (Wildman–Crippen MR) is 90.6 cm³/mol. The number of nitrogens with zero attached hydrogens (tertiary/aromatic N) is 2. The van der Waals surface area contributed by atoms with E-state index in [9.17, 15) is 10.1 Å². The number of benzene rings is 1. The molecule has 1 aromatic carbocycles. The SMILES string of the molecule is CCNC(=NCCCNc1ccc(C)cc1[N+](=O)[O-])NCC. The molecule has 0 fully saturated rings. The highest BCUT2D eigenvalue weighted by molar-refractivity contribution is 5.79. The maximum absolute atomic E-state index is 11.0. The number of guanidine groups is 1. The molecule has 0 atom stereocenters. The van der Waals surface area contributed by atoms with Crippen LogP contribution in [0.25, 0.3) is 0 Å². The number of hydrogen-bond acceptors (Lipinski definition) is 4. The average molecular weight is 307 g/mol. The third kappa shape index (κ3) is 5.99. The van der Waals surface area contributed by atoms with Crippen LogP contribution >= 0.6 is 0 Å². The molecule has 1 aromatic rings. The smallest absolute Gasteiger partial charge is 0.292 e. The maximum Gasteiger partial charge on any atom is 0.292 e. The maximum atomic E-state index is 11.0. The van der Waals surface area contributed by atoms with Crippen molar-refractivity contribution in [3.63, 3.8) is 0 Å². The molecule has 0 aromatic heterocycles. The van der Waals surface area contributed by atoms with Crippen molar-refractivity contribution in [1.29, 1.82) is 0 Å². The normalized spacial score (nSPS) is 9.95. The quantitative estimate of drug-likeness (QED) is 0.225. The average Bonchev–Trinajstić information content (AvgIpc) is 2.48. The fraction of sp³-hybridized carbons (Fsp3) is 0.533. The zero-order valence-electron chi connectivity index (χ0n) is 13.5. The number of nitro benzene ring substituents is 1. The van der Waals surface area contributed by atoms with E-state index in [0.717, 1.165) is 31.0 Å². The largest absolute Gasteiger partial charge is 0.379 e. The third-order valence-corrected chi connectivity index (χ3v) is 2.96. The Balaban J connectivity index is 2.48. The minimum Gasteiger partial charge on any atom is -0.379 e. The Morgan fingerprint density at radius 1 is 1.27 bits per heavy atom. The van der Waals surface area contributed by atoms with Crippen molar-refractivity contribution < 1.29 is 4.92 Å².